The summed E-state index contributed by atoms with van der Waals surface area (Å²) in [7, 11) is 1.61. The van der Waals surface area contributed by atoms with Crippen LogP contribution in [0.25, 0.3) is 0 Å². The fourth-order valence-electron chi connectivity index (χ4n) is 4.51. The molecule has 9 nitrogen and oxygen atoms in total. The summed E-state index contributed by atoms with van der Waals surface area (Å²) < 4.78 is 5.02. The number of nitrogens with zero attached hydrogens (tertiary/aromatic N) is 1. The lowest BCUT2D eigenvalue weighted by molar-refractivity contribution is -0.134. The molecule has 1 unspecified atom stereocenters. The van der Waals surface area contributed by atoms with Gasteiger partial charge in [0, 0.05) is 25.1 Å². The van der Waals surface area contributed by atoms with Crippen LogP contribution in [0.5, 0.6) is 0 Å². The van der Waals surface area contributed by atoms with Crippen molar-refractivity contribution in [3.63, 3.8) is 0 Å². The maximum atomic E-state index is 12.9. The van der Waals surface area contributed by atoms with E-state index in [2.05, 4.69) is 16.0 Å². The van der Waals surface area contributed by atoms with Gasteiger partial charge in [0.2, 0.25) is 5.91 Å². The summed E-state index contributed by atoms with van der Waals surface area (Å²) in [6.45, 7) is 2.39. The predicted molar refractivity (Wildman–Crippen MR) is 120 cm³/mol. The molecule has 2 aliphatic carbocycles. The Kier molecular flexibility index (Phi) is 6.52. The van der Waals surface area contributed by atoms with Gasteiger partial charge in [-0.3, -0.25) is 19.3 Å². The number of ether oxygens (including phenoxy) is 1. The fourth-order valence-corrected chi connectivity index (χ4v) is 5.81. The molecule has 0 aromatic carbocycles. The highest BCUT2D eigenvalue weighted by atomic mass is 32.1. The van der Waals surface area contributed by atoms with Crippen molar-refractivity contribution < 1.29 is 23.9 Å². The lowest BCUT2D eigenvalue weighted by Crippen LogP contribution is -2.46. The highest BCUT2D eigenvalue weighted by molar-refractivity contribution is 7.17. The molecule has 0 radical (unpaired) electrons. The average molecular weight is 463 g/mol. The molecule has 0 bridgehead atoms. The van der Waals surface area contributed by atoms with E-state index >= 15 is 0 Å². The van der Waals surface area contributed by atoms with E-state index in [1.807, 2.05) is 0 Å². The number of rotatable bonds is 9. The molecule has 3 aliphatic rings. The van der Waals surface area contributed by atoms with E-state index in [0.29, 0.717) is 30.1 Å². The molecule has 32 heavy (non-hydrogen) atoms. The normalized spacial score (nSPS) is 22.5. The van der Waals surface area contributed by atoms with Crippen LogP contribution in [-0.4, -0.2) is 61.0 Å². The van der Waals surface area contributed by atoms with Crippen LogP contribution >= 0.6 is 11.3 Å². The Bertz CT molecular complexity index is 941. The second-order valence-corrected chi connectivity index (χ2v) is 9.97. The van der Waals surface area contributed by atoms with Crippen LogP contribution in [0.4, 0.5) is 9.80 Å². The molecule has 10 heteroatoms. The van der Waals surface area contributed by atoms with Gasteiger partial charge in [-0.1, -0.05) is 0 Å². The van der Waals surface area contributed by atoms with E-state index in [4.69, 9.17) is 4.74 Å². The van der Waals surface area contributed by atoms with E-state index in [0.717, 1.165) is 53.9 Å². The summed E-state index contributed by atoms with van der Waals surface area (Å²) >= 11 is 1.42. The molecule has 5 amide bonds. The number of imide groups is 1. The van der Waals surface area contributed by atoms with Crippen LogP contribution in [0.3, 0.4) is 0 Å². The third-order valence-electron chi connectivity index (χ3n) is 6.46. The van der Waals surface area contributed by atoms with Gasteiger partial charge in [0.05, 0.1) is 5.56 Å². The van der Waals surface area contributed by atoms with Crippen LogP contribution in [0.1, 0.15) is 59.8 Å². The Hall–Kier alpha value is -2.46. The van der Waals surface area contributed by atoms with Crippen molar-refractivity contribution in [2.45, 2.75) is 57.4 Å². The molecule has 1 aliphatic heterocycles. The first kappa shape index (κ1) is 22.7. The Morgan fingerprint density at radius 2 is 2.00 bits per heavy atom. The molecule has 1 saturated heterocycles. The number of fused-ring (bicyclic) bond motifs is 1. The van der Waals surface area contributed by atoms with Gasteiger partial charge in [0.15, 0.2) is 0 Å². The molecular weight excluding hydrogens is 432 g/mol. The number of urea groups is 1. The molecule has 2 heterocycles. The van der Waals surface area contributed by atoms with Crippen LogP contribution in [0, 0.1) is 5.92 Å². The molecule has 1 aromatic rings. The largest absolute Gasteiger partial charge is 0.385 e. The minimum atomic E-state index is -0.924. The zero-order chi connectivity index (χ0) is 22.9. The standard InChI is InChI=1S/C22H30N4O5S/c1-22(13-8-9-13)20(29)26(21(30)25-22)12-16(27)24-19-17(18(28)23-10-5-11-31-2)14-6-3-4-7-15(14)32-19/h13H,3-12H2,1-2H3,(H,23,28)(H,24,27)(H,25,30). The van der Waals surface area contributed by atoms with E-state index in [9.17, 15) is 19.2 Å². The number of nitrogens with one attached hydrogen (secondary N) is 3. The van der Waals surface area contributed by atoms with Crippen molar-refractivity contribution in [3.8, 4) is 0 Å². The van der Waals surface area contributed by atoms with E-state index in [-0.39, 0.29) is 24.3 Å². The van der Waals surface area contributed by atoms with Gasteiger partial charge in [-0.25, -0.2) is 4.79 Å². The quantitative estimate of drug-likeness (QED) is 0.384. The van der Waals surface area contributed by atoms with Gasteiger partial charge < -0.3 is 20.7 Å². The molecule has 2 fully saturated rings. The second kappa shape index (κ2) is 9.19. The van der Waals surface area contributed by atoms with Gasteiger partial charge in [0.25, 0.3) is 11.8 Å². The van der Waals surface area contributed by atoms with Gasteiger partial charge in [-0.15, -0.1) is 11.3 Å². The fraction of sp³-hybridized carbons (Fsp3) is 0.636. The summed E-state index contributed by atoms with van der Waals surface area (Å²) in [5, 5.41) is 8.96. The molecular formula is C22H30N4O5S. The minimum absolute atomic E-state index is 0.129. The lowest BCUT2D eigenvalue weighted by atomic mass is 9.95. The van der Waals surface area contributed by atoms with Crippen molar-refractivity contribution in [2.24, 2.45) is 5.92 Å². The number of anilines is 1. The van der Waals surface area contributed by atoms with E-state index in [1.165, 1.54) is 11.3 Å². The number of amides is 5. The van der Waals surface area contributed by atoms with Crippen molar-refractivity contribution in [3.05, 3.63) is 16.0 Å². The van der Waals surface area contributed by atoms with Crippen LogP contribution in [-0.2, 0) is 27.2 Å². The van der Waals surface area contributed by atoms with E-state index in [1.54, 1.807) is 14.0 Å². The molecule has 4 rings (SSSR count). The van der Waals surface area contributed by atoms with Crippen molar-refractivity contribution in [1.29, 1.82) is 0 Å². The summed E-state index contributed by atoms with van der Waals surface area (Å²) in [5.41, 5.74) is 0.583. The third-order valence-corrected chi connectivity index (χ3v) is 7.67. The second-order valence-electron chi connectivity index (χ2n) is 8.86. The molecule has 1 saturated carbocycles. The Labute approximate surface area is 191 Å². The Balaban J connectivity index is 1.47. The first-order valence-electron chi connectivity index (χ1n) is 11.2. The summed E-state index contributed by atoms with van der Waals surface area (Å²) in [4.78, 5) is 53.0. The Morgan fingerprint density at radius 3 is 2.72 bits per heavy atom. The molecule has 174 valence electrons. The average Bonchev–Trinajstić information content (AvgIpc) is 3.52. The van der Waals surface area contributed by atoms with Gasteiger partial charge in [0.1, 0.15) is 17.1 Å². The molecule has 3 N–H and O–H groups in total. The van der Waals surface area contributed by atoms with Crippen LogP contribution < -0.4 is 16.0 Å². The topological polar surface area (TPSA) is 117 Å². The van der Waals surface area contributed by atoms with Crippen molar-refractivity contribution in [1.82, 2.24) is 15.5 Å². The monoisotopic (exact) mass is 462 g/mol. The van der Waals surface area contributed by atoms with E-state index < -0.39 is 17.5 Å². The number of aryl methyl sites for hydroxylation is 1. The SMILES string of the molecule is COCCCNC(=O)c1c(NC(=O)CN2C(=O)NC(C)(C3CC3)C2=O)sc2c1CCCC2. The molecule has 1 aromatic heterocycles. The smallest absolute Gasteiger partial charge is 0.325 e. The Morgan fingerprint density at radius 1 is 1.25 bits per heavy atom. The number of hydrogen-bond donors (Lipinski definition) is 3. The predicted octanol–water partition coefficient (Wildman–Crippen LogP) is 2.05. The third kappa shape index (κ3) is 4.38. The zero-order valence-corrected chi connectivity index (χ0v) is 19.4. The van der Waals surface area contributed by atoms with Gasteiger partial charge in [-0.2, -0.15) is 0 Å². The zero-order valence-electron chi connectivity index (χ0n) is 18.5. The van der Waals surface area contributed by atoms with Gasteiger partial charge in [-0.05, 0) is 63.4 Å². The molecule has 0 spiro atoms. The number of carbonyl (C=O) groups excluding carboxylic acids is 4. The maximum absolute atomic E-state index is 12.9. The number of carbonyl (C=O) groups is 4. The summed E-state index contributed by atoms with van der Waals surface area (Å²) in [5.74, 6) is -0.932. The summed E-state index contributed by atoms with van der Waals surface area (Å²) in [6.07, 6.45) is 6.23. The highest BCUT2D eigenvalue weighted by Crippen LogP contribution is 2.42. The van der Waals surface area contributed by atoms with Crippen LogP contribution in [0.2, 0.25) is 0 Å². The number of hydrogen-bond acceptors (Lipinski definition) is 6. The number of methoxy groups -OCH3 is 1. The van der Waals surface area contributed by atoms with Crippen molar-refractivity contribution in [2.75, 3.05) is 32.1 Å². The maximum Gasteiger partial charge on any atom is 0.325 e. The minimum Gasteiger partial charge on any atom is -0.385 e. The summed E-state index contributed by atoms with van der Waals surface area (Å²) in [6, 6.07) is -0.541. The number of thiophene rings is 1. The molecule has 1 atom stereocenters. The first-order valence-corrected chi connectivity index (χ1v) is 12.0. The highest BCUT2D eigenvalue weighted by Gasteiger charge is 2.56. The van der Waals surface area contributed by atoms with Crippen LogP contribution in [0.15, 0.2) is 0 Å². The van der Waals surface area contributed by atoms with Crippen molar-refractivity contribution >= 4 is 40.1 Å². The lowest BCUT2D eigenvalue weighted by Gasteiger charge is -2.20. The van der Waals surface area contributed by atoms with Gasteiger partial charge >= 0.3 is 6.03 Å². The first-order chi connectivity index (χ1) is 15.3.